The predicted octanol–water partition coefficient (Wildman–Crippen LogP) is 5.85. The molecule has 1 nitrogen and oxygen atoms in total. The number of hydrogen-bond donors (Lipinski definition) is 1. The Kier molecular flexibility index (Phi) is 12.5. The summed E-state index contributed by atoms with van der Waals surface area (Å²) in [6.45, 7) is 10.0. The van der Waals surface area contributed by atoms with Gasteiger partial charge >= 0.3 is 0 Å². The molecule has 114 valence electrons. The summed E-state index contributed by atoms with van der Waals surface area (Å²) in [5, 5.41) is 3.51. The lowest BCUT2D eigenvalue weighted by Gasteiger charge is -2.19. The van der Waals surface area contributed by atoms with Crippen molar-refractivity contribution < 1.29 is 0 Å². The predicted molar refractivity (Wildman–Crippen MR) is 88.7 cm³/mol. The van der Waals surface area contributed by atoms with Gasteiger partial charge in [-0.1, -0.05) is 64.0 Å². The number of nitrogens with one attached hydrogen (secondary N) is 1. The molecule has 0 aliphatic carbocycles. The second kappa shape index (κ2) is 12.7. The SMILES string of the molecule is CCCCCCCCCCC=CCCNC(C)(C)C. The molecule has 19 heavy (non-hydrogen) atoms. The molecule has 1 N–H and O–H groups in total. The van der Waals surface area contributed by atoms with E-state index in [1.54, 1.807) is 0 Å². The van der Waals surface area contributed by atoms with Crippen molar-refractivity contribution in [2.45, 2.75) is 97.4 Å². The molecule has 0 saturated carbocycles. The summed E-state index contributed by atoms with van der Waals surface area (Å²) >= 11 is 0. The van der Waals surface area contributed by atoms with Gasteiger partial charge in [-0.3, -0.25) is 0 Å². The Balaban J connectivity index is 3.13. The van der Waals surface area contributed by atoms with Crippen LogP contribution in [-0.2, 0) is 0 Å². The highest BCUT2D eigenvalue weighted by Gasteiger charge is 2.05. The Morgan fingerprint density at radius 2 is 1.26 bits per heavy atom. The maximum Gasteiger partial charge on any atom is 0.00966 e. The fourth-order valence-corrected chi connectivity index (χ4v) is 2.16. The van der Waals surface area contributed by atoms with E-state index in [1.165, 1.54) is 57.8 Å². The van der Waals surface area contributed by atoms with Crippen molar-refractivity contribution in [3.63, 3.8) is 0 Å². The molecule has 0 aliphatic heterocycles. The lowest BCUT2D eigenvalue weighted by atomic mass is 10.1. The molecule has 0 rings (SSSR count). The van der Waals surface area contributed by atoms with Crippen molar-refractivity contribution >= 4 is 0 Å². The number of hydrogen-bond acceptors (Lipinski definition) is 1. The summed E-state index contributed by atoms with van der Waals surface area (Å²) in [6.07, 6.45) is 18.5. The molecule has 0 unspecified atom stereocenters. The summed E-state index contributed by atoms with van der Waals surface area (Å²) in [4.78, 5) is 0. The van der Waals surface area contributed by atoms with Crippen LogP contribution in [0.5, 0.6) is 0 Å². The number of unbranched alkanes of at least 4 members (excludes halogenated alkanes) is 8. The quantitative estimate of drug-likeness (QED) is 0.345. The molecule has 0 amide bonds. The zero-order valence-electron chi connectivity index (χ0n) is 13.9. The first-order valence-electron chi connectivity index (χ1n) is 8.46. The largest absolute Gasteiger partial charge is 0.312 e. The van der Waals surface area contributed by atoms with Crippen molar-refractivity contribution in [1.82, 2.24) is 5.32 Å². The maximum absolute atomic E-state index is 3.51. The Labute approximate surface area is 122 Å². The van der Waals surface area contributed by atoms with E-state index in [-0.39, 0.29) is 5.54 Å². The van der Waals surface area contributed by atoms with Gasteiger partial charge in [0.1, 0.15) is 0 Å². The highest BCUT2D eigenvalue weighted by Crippen LogP contribution is 2.09. The molecule has 0 bridgehead atoms. The zero-order valence-corrected chi connectivity index (χ0v) is 13.9. The van der Waals surface area contributed by atoms with E-state index in [2.05, 4.69) is 45.2 Å². The van der Waals surface area contributed by atoms with Crippen LogP contribution in [0.15, 0.2) is 12.2 Å². The molecule has 0 aromatic rings. The number of rotatable bonds is 12. The average molecular weight is 268 g/mol. The molecule has 0 atom stereocenters. The van der Waals surface area contributed by atoms with Crippen LogP contribution in [-0.4, -0.2) is 12.1 Å². The minimum atomic E-state index is 0.256. The van der Waals surface area contributed by atoms with Crippen LogP contribution in [0.4, 0.5) is 0 Å². The van der Waals surface area contributed by atoms with E-state index in [1.807, 2.05) is 0 Å². The molecule has 0 spiro atoms. The van der Waals surface area contributed by atoms with Gasteiger partial charge in [0, 0.05) is 5.54 Å². The van der Waals surface area contributed by atoms with E-state index in [0.717, 1.165) is 13.0 Å². The van der Waals surface area contributed by atoms with Gasteiger partial charge in [0.25, 0.3) is 0 Å². The highest BCUT2D eigenvalue weighted by molar-refractivity contribution is 4.83. The molecular weight excluding hydrogens is 230 g/mol. The van der Waals surface area contributed by atoms with Crippen molar-refractivity contribution in [3.8, 4) is 0 Å². The van der Waals surface area contributed by atoms with Crippen LogP contribution in [0.25, 0.3) is 0 Å². The molecular formula is C18H37N. The van der Waals surface area contributed by atoms with Crippen LogP contribution in [0.2, 0.25) is 0 Å². The van der Waals surface area contributed by atoms with Gasteiger partial charge in [0.15, 0.2) is 0 Å². The molecule has 0 heterocycles. The third kappa shape index (κ3) is 17.7. The summed E-state index contributed by atoms with van der Waals surface area (Å²) in [6, 6.07) is 0. The van der Waals surface area contributed by atoms with E-state index >= 15 is 0 Å². The highest BCUT2D eigenvalue weighted by atomic mass is 14.9. The molecule has 0 fully saturated rings. The van der Waals surface area contributed by atoms with Gasteiger partial charge in [-0.05, 0) is 46.6 Å². The Hall–Kier alpha value is -0.300. The van der Waals surface area contributed by atoms with Crippen molar-refractivity contribution in [2.75, 3.05) is 6.54 Å². The second-order valence-corrected chi connectivity index (χ2v) is 6.70. The minimum absolute atomic E-state index is 0.256. The fourth-order valence-electron chi connectivity index (χ4n) is 2.16. The summed E-state index contributed by atoms with van der Waals surface area (Å²) in [5.74, 6) is 0. The van der Waals surface area contributed by atoms with Gasteiger partial charge in [-0.2, -0.15) is 0 Å². The van der Waals surface area contributed by atoms with E-state index in [0.29, 0.717) is 0 Å². The van der Waals surface area contributed by atoms with Crippen LogP contribution in [0.1, 0.15) is 91.9 Å². The van der Waals surface area contributed by atoms with Gasteiger partial charge in [0.2, 0.25) is 0 Å². The molecule has 0 saturated heterocycles. The first kappa shape index (κ1) is 18.7. The minimum Gasteiger partial charge on any atom is -0.312 e. The maximum atomic E-state index is 3.51. The van der Waals surface area contributed by atoms with Crippen LogP contribution < -0.4 is 5.32 Å². The first-order valence-corrected chi connectivity index (χ1v) is 8.46. The van der Waals surface area contributed by atoms with Crippen LogP contribution >= 0.6 is 0 Å². The normalized spacial score (nSPS) is 12.4. The standard InChI is InChI=1S/C18H37N/c1-5-6-7-8-9-10-11-12-13-14-15-16-17-19-18(2,3)4/h14-15,19H,5-13,16-17H2,1-4H3. The monoisotopic (exact) mass is 267 g/mol. The van der Waals surface area contributed by atoms with Crippen molar-refractivity contribution in [1.29, 1.82) is 0 Å². The number of allylic oxidation sites excluding steroid dienone is 1. The molecule has 1 heteroatoms. The van der Waals surface area contributed by atoms with E-state index < -0.39 is 0 Å². The van der Waals surface area contributed by atoms with Gasteiger partial charge in [-0.15, -0.1) is 0 Å². The molecule has 0 aliphatic rings. The summed E-state index contributed by atoms with van der Waals surface area (Å²) in [5.41, 5.74) is 0.256. The van der Waals surface area contributed by atoms with Crippen molar-refractivity contribution in [2.24, 2.45) is 0 Å². The van der Waals surface area contributed by atoms with E-state index in [9.17, 15) is 0 Å². The lowest BCUT2D eigenvalue weighted by Crippen LogP contribution is -2.36. The second-order valence-electron chi connectivity index (χ2n) is 6.70. The zero-order chi connectivity index (χ0) is 14.4. The Morgan fingerprint density at radius 1 is 0.737 bits per heavy atom. The molecule has 0 radical (unpaired) electrons. The Bertz CT molecular complexity index is 200. The molecule has 0 aromatic heterocycles. The summed E-state index contributed by atoms with van der Waals surface area (Å²) in [7, 11) is 0. The smallest absolute Gasteiger partial charge is 0.00966 e. The van der Waals surface area contributed by atoms with Gasteiger partial charge in [-0.25, -0.2) is 0 Å². The fraction of sp³-hybridized carbons (Fsp3) is 0.889. The third-order valence-electron chi connectivity index (χ3n) is 3.36. The Morgan fingerprint density at radius 3 is 1.84 bits per heavy atom. The van der Waals surface area contributed by atoms with Crippen LogP contribution in [0, 0.1) is 0 Å². The lowest BCUT2D eigenvalue weighted by molar-refractivity contribution is 0.431. The summed E-state index contributed by atoms with van der Waals surface area (Å²) < 4.78 is 0. The van der Waals surface area contributed by atoms with Gasteiger partial charge < -0.3 is 5.32 Å². The topological polar surface area (TPSA) is 12.0 Å². The average Bonchev–Trinajstić information content (AvgIpc) is 2.34. The first-order chi connectivity index (χ1) is 9.06. The van der Waals surface area contributed by atoms with Gasteiger partial charge in [0.05, 0.1) is 0 Å². The molecule has 0 aromatic carbocycles. The van der Waals surface area contributed by atoms with E-state index in [4.69, 9.17) is 0 Å². The van der Waals surface area contributed by atoms with Crippen molar-refractivity contribution in [3.05, 3.63) is 12.2 Å². The third-order valence-corrected chi connectivity index (χ3v) is 3.36. The van der Waals surface area contributed by atoms with Crippen LogP contribution in [0.3, 0.4) is 0 Å².